The number of nitrogens with zero attached hydrogens (tertiary/aromatic N) is 2. The van der Waals surface area contributed by atoms with Gasteiger partial charge in [-0.3, -0.25) is 4.79 Å². The highest BCUT2D eigenvalue weighted by Crippen LogP contribution is 2.36. The third kappa shape index (κ3) is 6.81. The summed E-state index contributed by atoms with van der Waals surface area (Å²) < 4.78 is 24.5. The van der Waals surface area contributed by atoms with Crippen LogP contribution in [0.2, 0.25) is 5.02 Å². The van der Waals surface area contributed by atoms with Crippen LogP contribution in [-0.2, 0) is 14.3 Å². The number of rotatable bonds is 9. The van der Waals surface area contributed by atoms with Crippen LogP contribution in [0.25, 0.3) is 0 Å². The lowest BCUT2D eigenvalue weighted by Gasteiger charge is -2.38. The Hall–Kier alpha value is -2.38. The van der Waals surface area contributed by atoms with Gasteiger partial charge in [-0.25, -0.2) is 4.98 Å². The lowest BCUT2D eigenvalue weighted by atomic mass is 9.95. The molecular formula is C25H33ClFN3O3. The number of esters is 1. The van der Waals surface area contributed by atoms with E-state index in [2.05, 4.69) is 41.2 Å². The molecule has 1 aromatic carbocycles. The number of ether oxygens (including phenoxy) is 2. The summed E-state index contributed by atoms with van der Waals surface area (Å²) in [5, 5.41) is 3.27. The fourth-order valence-corrected chi connectivity index (χ4v) is 4.23. The topological polar surface area (TPSA) is 63.7 Å². The monoisotopic (exact) mass is 477 g/mol. The van der Waals surface area contributed by atoms with Crippen molar-refractivity contribution in [3.63, 3.8) is 0 Å². The van der Waals surface area contributed by atoms with Crippen molar-refractivity contribution >= 4 is 34.8 Å². The van der Waals surface area contributed by atoms with Crippen molar-refractivity contribution in [1.29, 1.82) is 0 Å². The average molecular weight is 478 g/mol. The van der Waals surface area contributed by atoms with E-state index in [9.17, 15) is 9.18 Å². The van der Waals surface area contributed by atoms with Crippen LogP contribution in [0.1, 0.15) is 51.5 Å². The molecule has 0 amide bonds. The molecule has 1 fully saturated rings. The highest BCUT2D eigenvalue weighted by molar-refractivity contribution is 6.30. The second-order valence-electron chi connectivity index (χ2n) is 8.94. The number of nitrogens with one attached hydrogen (secondary N) is 1. The Morgan fingerprint density at radius 2 is 2.00 bits per heavy atom. The molecule has 0 unspecified atom stereocenters. The Morgan fingerprint density at radius 1 is 1.27 bits per heavy atom. The average Bonchev–Trinajstić information content (AvgIpc) is 2.80. The first kappa shape index (κ1) is 25.2. The van der Waals surface area contributed by atoms with Crippen molar-refractivity contribution in [3.8, 4) is 0 Å². The third-order valence-corrected chi connectivity index (χ3v) is 6.14. The van der Waals surface area contributed by atoms with Crippen LogP contribution >= 0.6 is 11.6 Å². The van der Waals surface area contributed by atoms with Crippen LogP contribution in [-0.4, -0.2) is 43.9 Å². The van der Waals surface area contributed by atoms with E-state index in [4.69, 9.17) is 21.1 Å². The van der Waals surface area contributed by atoms with Gasteiger partial charge >= 0.3 is 5.97 Å². The Morgan fingerprint density at radius 3 is 2.64 bits per heavy atom. The van der Waals surface area contributed by atoms with Gasteiger partial charge in [-0.05, 0) is 54.5 Å². The van der Waals surface area contributed by atoms with Gasteiger partial charge in [-0.15, -0.1) is 0 Å². The number of anilines is 3. The molecule has 1 atom stereocenters. The number of carbonyl (C=O) groups is 1. The number of hydrogen-bond acceptors (Lipinski definition) is 6. The van der Waals surface area contributed by atoms with Crippen LogP contribution in [0, 0.1) is 11.9 Å². The highest BCUT2D eigenvalue weighted by Gasteiger charge is 2.25. The first-order valence-electron chi connectivity index (χ1n) is 11.4. The number of halogens is 2. The number of methoxy groups -OCH3 is 1. The summed E-state index contributed by atoms with van der Waals surface area (Å²) >= 11 is 5.82. The molecule has 1 N–H and O–H groups in total. The lowest BCUT2D eigenvalue weighted by molar-refractivity contribution is -0.140. The molecule has 6 nitrogen and oxygen atoms in total. The van der Waals surface area contributed by atoms with Gasteiger partial charge in [-0.1, -0.05) is 38.4 Å². The molecule has 0 spiro atoms. The first-order chi connectivity index (χ1) is 15.8. The number of benzene rings is 1. The van der Waals surface area contributed by atoms with E-state index in [1.165, 1.54) is 13.2 Å². The largest absolute Gasteiger partial charge is 0.469 e. The van der Waals surface area contributed by atoms with Gasteiger partial charge in [0, 0.05) is 25.8 Å². The van der Waals surface area contributed by atoms with E-state index in [1.54, 1.807) is 6.07 Å². The number of carbonyl (C=O) groups excluding carboxylic acids is 1. The Bertz CT molecular complexity index is 950. The SMILES string of the molecule is COC(=O)C[C@@H](C)c1ccc(N(CC(C)C)C2CCOCC2)c(Nc2ccc(Cl)c(F)n2)c1. The van der Waals surface area contributed by atoms with Gasteiger partial charge in [0.05, 0.1) is 29.9 Å². The number of pyridine rings is 1. The van der Waals surface area contributed by atoms with Gasteiger partial charge in [0.25, 0.3) is 0 Å². The second kappa shape index (κ2) is 11.7. The molecule has 1 aromatic heterocycles. The van der Waals surface area contributed by atoms with Crippen molar-refractivity contribution < 1.29 is 18.7 Å². The molecule has 33 heavy (non-hydrogen) atoms. The van der Waals surface area contributed by atoms with Crippen LogP contribution in [0.4, 0.5) is 21.6 Å². The summed E-state index contributed by atoms with van der Waals surface area (Å²) in [7, 11) is 1.39. The van der Waals surface area contributed by atoms with Crippen molar-refractivity contribution in [3.05, 3.63) is 46.9 Å². The maximum Gasteiger partial charge on any atom is 0.306 e. The minimum atomic E-state index is -0.720. The van der Waals surface area contributed by atoms with E-state index in [0.717, 1.165) is 49.5 Å². The number of hydrogen-bond donors (Lipinski definition) is 1. The fraction of sp³-hybridized carbons (Fsp3) is 0.520. The summed E-state index contributed by atoms with van der Waals surface area (Å²) in [6.45, 7) is 8.73. The van der Waals surface area contributed by atoms with Crippen LogP contribution in [0.3, 0.4) is 0 Å². The third-order valence-electron chi connectivity index (χ3n) is 5.86. The molecular weight excluding hydrogens is 445 g/mol. The molecule has 1 saturated heterocycles. The summed E-state index contributed by atoms with van der Waals surface area (Å²) in [5.74, 6) is -0.200. The minimum absolute atomic E-state index is 0.0233. The van der Waals surface area contributed by atoms with Gasteiger partial charge in [-0.2, -0.15) is 4.39 Å². The molecule has 2 heterocycles. The smallest absolute Gasteiger partial charge is 0.306 e. The zero-order valence-electron chi connectivity index (χ0n) is 19.7. The zero-order valence-corrected chi connectivity index (χ0v) is 20.5. The number of aromatic nitrogens is 1. The van der Waals surface area contributed by atoms with E-state index in [1.807, 2.05) is 13.0 Å². The fourth-order valence-electron chi connectivity index (χ4n) is 4.12. The van der Waals surface area contributed by atoms with Crippen molar-refractivity contribution in [1.82, 2.24) is 4.98 Å². The molecule has 0 aliphatic carbocycles. The summed E-state index contributed by atoms with van der Waals surface area (Å²) in [6.07, 6.45) is 2.17. The molecule has 0 saturated carbocycles. The van der Waals surface area contributed by atoms with Crippen molar-refractivity contribution in [2.75, 3.05) is 37.1 Å². The van der Waals surface area contributed by atoms with E-state index < -0.39 is 5.95 Å². The normalized spacial score (nSPS) is 15.4. The van der Waals surface area contributed by atoms with Crippen LogP contribution in [0.5, 0.6) is 0 Å². The van der Waals surface area contributed by atoms with E-state index >= 15 is 0 Å². The van der Waals surface area contributed by atoms with E-state index in [-0.39, 0.29) is 23.3 Å². The predicted molar refractivity (Wildman–Crippen MR) is 130 cm³/mol. The minimum Gasteiger partial charge on any atom is -0.469 e. The maximum atomic E-state index is 14.0. The molecule has 0 bridgehead atoms. The van der Waals surface area contributed by atoms with Gasteiger partial charge < -0.3 is 19.7 Å². The summed E-state index contributed by atoms with van der Waals surface area (Å²) in [5.41, 5.74) is 2.81. The zero-order chi connectivity index (χ0) is 24.0. The Kier molecular flexibility index (Phi) is 8.92. The lowest BCUT2D eigenvalue weighted by Crippen LogP contribution is -2.42. The van der Waals surface area contributed by atoms with Gasteiger partial charge in [0.2, 0.25) is 5.95 Å². The Labute approximate surface area is 200 Å². The highest BCUT2D eigenvalue weighted by atomic mass is 35.5. The Balaban J connectivity index is 2.01. The van der Waals surface area contributed by atoms with Crippen LogP contribution < -0.4 is 10.2 Å². The molecule has 1 aliphatic heterocycles. The summed E-state index contributed by atoms with van der Waals surface area (Å²) in [4.78, 5) is 18.2. The molecule has 2 aromatic rings. The molecule has 1 aliphatic rings. The van der Waals surface area contributed by atoms with Crippen molar-refractivity contribution in [2.45, 2.75) is 52.0 Å². The predicted octanol–water partition coefficient (Wildman–Crippen LogP) is 5.93. The first-order valence-corrected chi connectivity index (χ1v) is 11.8. The quantitative estimate of drug-likeness (QED) is 0.357. The standard InChI is InChI=1S/C25H33ClFN3O3/c1-16(2)15-30(19-9-11-33-12-10-19)22-7-5-18(17(3)13-24(31)32-4)14-21(22)28-23-8-6-20(26)25(27)29-23/h5-8,14,16-17,19H,9-13,15H2,1-4H3,(H,28,29)/t17-/m1/s1. The van der Waals surface area contributed by atoms with Gasteiger partial charge in [0.1, 0.15) is 5.82 Å². The second-order valence-corrected chi connectivity index (χ2v) is 9.35. The van der Waals surface area contributed by atoms with E-state index in [0.29, 0.717) is 17.8 Å². The maximum absolute atomic E-state index is 14.0. The van der Waals surface area contributed by atoms with Crippen LogP contribution in [0.15, 0.2) is 30.3 Å². The molecule has 0 radical (unpaired) electrons. The molecule has 8 heteroatoms. The molecule has 3 rings (SSSR count). The summed E-state index contributed by atoms with van der Waals surface area (Å²) in [6, 6.07) is 9.63. The molecule has 180 valence electrons. The van der Waals surface area contributed by atoms with Crippen molar-refractivity contribution in [2.24, 2.45) is 5.92 Å². The van der Waals surface area contributed by atoms with Gasteiger partial charge in [0.15, 0.2) is 0 Å².